The van der Waals surface area contributed by atoms with Crippen LogP contribution in [0.4, 0.5) is 0 Å². The van der Waals surface area contributed by atoms with Gasteiger partial charge in [-0.1, -0.05) is 35.4 Å². The van der Waals surface area contributed by atoms with Gasteiger partial charge in [-0.25, -0.2) is 13.1 Å². The molecule has 1 N–H and O–H groups in total. The van der Waals surface area contributed by atoms with E-state index in [1.807, 2.05) is 26.8 Å². The molecule has 0 aliphatic rings. The highest BCUT2D eigenvalue weighted by Crippen LogP contribution is 2.21. The van der Waals surface area contributed by atoms with Crippen LogP contribution in [-0.2, 0) is 15.4 Å². The Hall–Kier alpha value is -1.80. The highest BCUT2D eigenvalue weighted by molar-refractivity contribution is 7.91. The summed E-state index contributed by atoms with van der Waals surface area (Å²) in [6.45, 7) is 5.46. The summed E-state index contributed by atoms with van der Waals surface area (Å²) in [7, 11) is -3.67. The lowest BCUT2D eigenvalue weighted by Gasteiger charge is -2.19. The van der Waals surface area contributed by atoms with Gasteiger partial charge in [0, 0.05) is 0 Å². The first-order valence-electron chi connectivity index (χ1n) is 6.96. The Morgan fingerprint density at radius 3 is 2.45 bits per heavy atom. The van der Waals surface area contributed by atoms with E-state index in [1.165, 1.54) is 4.68 Å². The molecule has 7 nitrogen and oxygen atoms in total. The molecule has 8 heteroatoms. The van der Waals surface area contributed by atoms with Crippen molar-refractivity contribution in [1.82, 2.24) is 20.2 Å². The van der Waals surface area contributed by atoms with Gasteiger partial charge in [0.05, 0.1) is 17.4 Å². The van der Waals surface area contributed by atoms with Crippen LogP contribution in [0, 0.1) is 0 Å². The topological polar surface area (TPSA) is 98.0 Å². The molecule has 22 heavy (non-hydrogen) atoms. The van der Waals surface area contributed by atoms with Gasteiger partial charge in [0.15, 0.2) is 0 Å². The number of hydrogen-bond donors (Lipinski definition) is 1. The van der Waals surface area contributed by atoms with Gasteiger partial charge in [0.25, 0.3) is 5.16 Å². The van der Waals surface area contributed by atoms with Gasteiger partial charge >= 0.3 is 0 Å². The third-order valence-corrected chi connectivity index (χ3v) is 4.78. The van der Waals surface area contributed by atoms with Gasteiger partial charge in [0.1, 0.15) is 0 Å². The highest BCUT2D eigenvalue weighted by Gasteiger charge is 2.29. The Morgan fingerprint density at radius 1 is 1.23 bits per heavy atom. The van der Waals surface area contributed by atoms with E-state index < -0.39 is 21.5 Å². The number of tetrazole rings is 1. The van der Waals surface area contributed by atoms with Crippen molar-refractivity contribution in [2.75, 3.05) is 5.75 Å². The van der Waals surface area contributed by atoms with Crippen molar-refractivity contribution >= 4 is 9.84 Å². The lowest BCUT2D eigenvalue weighted by molar-refractivity contribution is 0.174. The smallest absolute Gasteiger partial charge is 0.268 e. The fourth-order valence-corrected chi connectivity index (χ4v) is 3.44. The number of aliphatic hydroxyl groups excluding tert-OH is 1. The average molecular weight is 324 g/mol. The molecule has 120 valence electrons. The van der Waals surface area contributed by atoms with Gasteiger partial charge in [-0.2, -0.15) is 0 Å². The first-order valence-corrected chi connectivity index (χ1v) is 8.62. The van der Waals surface area contributed by atoms with Crippen LogP contribution in [0.15, 0.2) is 35.5 Å². The summed E-state index contributed by atoms with van der Waals surface area (Å²) in [5, 5.41) is 20.8. The number of hydrogen-bond acceptors (Lipinski definition) is 6. The predicted molar refractivity (Wildman–Crippen MR) is 80.9 cm³/mol. The number of nitrogens with zero attached hydrogens (tertiary/aromatic N) is 4. The fourth-order valence-electron chi connectivity index (χ4n) is 1.99. The van der Waals surface area contributed by atoms with Crippen molar-refractivity contribution in [1.29, 1.82) is 0 Å². The van der Waals surface area contributed by atoms with Crippen LogP contribution in [0.2, 0.25) is 0 Å². The van der Waals surface area contributed by atoms with E-state index in [-0.39, 0.29) is 17.3 Å². The Bertz CT molecular complexity index is 720. The molecule has 0 saturated heterocycles. The molecule has 1 heterocycles. The average Bonchev–Trinajstić information content (AvgIpc) is 2.96. The molecule has 0 unspecified atom stereocenters. The minimum Gasteiger partial charge on any atom is -0.388 e. The summed E-state index contributed by atoms with van der Waals surface area (Å²) in [4.78, 5) is 0. The summed E-state index contributed by atoms with van der Waals surface area (Å²) < 4.78 is 26.1. The molecule has 1 aromatic heterocycles. The quantitative estimate of drug-likeness (QED) is 0.891. The Balaban J connectivity index is 2.14. The summed E-state index contributed by atoms with van der Waals surface area (Å²) in [6.07, 6.45) is -0.751. The van der Waals surface area contributed by atoms with E-state index in [2.05, 4.69) is 15.5 Å². The summed E-state index contributed by atoms with van der Waals surface area (Å²) in [5.74, 6) is -0.223. The molecule has 0 spiro atoms. The van der Waals surface area contributed by atoms with E-state index in [0.29, 0.717) is 5.56 Å². The monoisotopic (exact) mass is 324 g/mol. The lowest BCUT2D eigenvalue weighted by atomic mass is 10.1. The standard InChI is InChI=1S/C14H20N4O3S/c1-14(2,3)18-13(15-16-17-18)22(20,21)10-9-12(19)11-7-5-4-6-8-11/h4-8,12,19H,9-10H2,1-3H3/t12-/m0/s1. The second kappa shape index (κ2) is 6.13. The molecule has 0 radical (unpaired) electrons. The van der Waals surface area contributed by atoms with Crippen LogP contribution < -0.4 is 0 Å². The van der Waals surface area contributed by atoms with Crippen molar-refractivity contribution < 1.29 is 13.5 Å². The largest absolute Gasteiger partial charge is 0.388 e. The maximum absolute atomic E-state index is 12.4. The molecule has 0 fully saturated rings. The zero-order chi connectivity index (χ0) is 16.4. The van der Waals surface area contributed by atoms with Crippen LogP contribution in [0.5, 0.6) is 0 Å². The Labute approximate surface area is 129 Å². The van der Waals surface area contributed by atoms with Crippen molar-refractivity contribution in [2.24, 2.45) is 0 Å². The van der Waals surface area contributed by atoms with Crippen molar-refractivity contribution in [3.63, 3.8) is 0 Å². The second-order valence-electron chi connectivity index (χ2n) is 6.08. The zero-order valence-electron chi connectivity index (χ0n) is 12.8. The van der Waals surface area contributed by atoms with E-state index >= 15 is 0 Å². The number of aromatic nitrogens is 4. The molecule has 0 aliphatic carbocycles. The third-order valence-electron chi connectivity index (χ3n) is 3.20. The maximum Gasteiger partial charge on any atom is 0.268 e. The fraction of sp³-hybridized carbons (Fsp3) is 0.500. The van der Waals surface area contributed by atoms with Crippen LogP contribution >= 0.6 is 0 Å². The van der Waals surface area contributed by atoms with Gasteiger partial charge < -0.3 is 5.11 Å². The van der Waals surface area contributed by atoms with Gasteiger partial charge in [-0.15, -0.1) is 0 Å². The molecule has 2 rings (SSSR count). The second-order valence-corrected chi connectivity index (χ2v) is 8.08. The Morgan fingerprint density at radius 2 is 1.86 bits per heavy atom. The van der Waals surface area contributed by atoms with E-state index in [9.17, 15) is 13.5 Å². The van der Waals surface area contributed by atoms with Crippen LogP contribution in [-0.4, -0.2) is 39.5 Å². The number of rotatable bonds is 5. The third kappa shape index (κ3) is 3.69. The van der Waals surface area contributed by atoms with E-state index in [1.54, 1.807) is 24.3 Å². The number of aliphatic hydroxyl groups is 1. The summed E-state index contributed by atoms with van der Waals surface area (Å²) in [5.41, 5.74) is 0.150. The molecular formula is C14H20N4O3S. The highest BCUT2D eigenvalue weighted by atomic mass is 32.2. The molecule has 1 atom stereocenters. The van der Waals surface area contributed by atoms with E-state index in [4.69, 9.17) is 0 Å². The van der Waals surface area contributed by atoms with Crippen molar-refractivity contribution in [2.45, 2.75) is 44.0 Å². The molecule has 1 aromatic carbocycles. The normalized spacial score (nSPS) is 14.0. The lowest BCUT2D eigenvalue weighted by Crippen LogP contribution is -2.28. The molecule has 0 saturated carbocycles. The van der Waals surface area contributed by atoms with E-state index in [0.717, 1.165) is 0 Å². The number of benzene rings is 1. The van der Waals surface area contributed by atoms with Gasteiger partial charge in [-0.05, 0) is 43.2 Å². The summed E-state index contributed by atoms with van der Waals surface area (Å²) >= 11 is 0. The molecule has 0 bridgehead atoms. The Kier molecular flexibility index (Phi) is 4.62. The van der Waals surface area contributed by atoms with Gasteiger partial charge in [0.2, 0.25) is 9.84 Å². The van der Waals surface area contributed by atoms with Crippen LogP contribution in [0.3, 0.4) is 0 Å². The molecule has 2 aromatic rings. The first-order chi connectivity index (χ1) is 10.2. The first kappa shape index (κ1) is 16.6. The van der Waals surface area contributed by atoms with Crippen molar-refractivity contribution in [3.05, 3.63) is 35.9 Å². The molecule has 0 amide bonds. The predicted octanol–water partition coefficient (Wildman–Crippen LogP) is 1.33. The minimum atomic E-state index is -3.67. The van der Waals surface area contributed by atoms with Crippen LogP contribution in [0.25, 0.3) is 0 Å². The van der Waals surface area contributed by atoms with Crippen molar-refractivity contribution in [3.8, 4) is 0 Å². The van der Waals surface area contributed by atoms with Gasteiger partial charge in [-0.3, -0.25) is 0 Å². The molecule has 0 aliphatic heterocycles. The SMILES string of the molecule is CC(C)(C)n1nnnc1S(=O)(=O)CC[C@H](O)c1ccccc1. The minimum absolute atomic E-state index is 0.0867. The summed E-state index contributed by atoms with van der Waals surface area (Å²) in [6, 6.07) is 8.96. The maximum atomic E-state index is 12.4. The number of sulfone groups is 1. The van der Waals surface area contributed by atoms with Crippen LogP contribution in [0.1, 0.15) is 38.9 Å². The zero-order valence-corrected chi connectivity index (χ0v) is 13.7. The molecular weight excluding hydrogens is 304 g/mol.